The molecule has 0 spiro atoms. The molecule has 2 rings (SSSR count). The molecule has 7 heteroatoms. The Morgan fingerprint density at radius 3 is 2.89 bits per heavy atom. The predicted molar refractivity (Wildman–Crippen MR) is 74.6 cm³/mol. The van der Waals surface area contributed by atoms with Gasteiger partial charge in [0, 0.05) is 39.0 Å². The van der Waals surface area contributed by atoms with Crippen LogP contribution in [-0.2, 0) is 20.0 Å². The summed E-state index contributed by atoms with van der Waals surface area (Å²) in [5, 5.41) is 7.31. The molecular weight excluding hydrogens is 266 g/mol. The van der Waals surface area contributed by atoms with Crippen molar-refractivity contribution >= 4 is 17.3 Å². The minimum atomic E-state index is -0.272. The lowest BCUT2D eigenvalue weighted by molar-refractivity contribution is 0.616. The van der Waals surface area contributed by atoms with Crippen LogP contribution in [0.3, 0.4) is 0 Å². The molecule has 0 fully saturated rings. The second-order valence-corrected chi connectivity index (χ2v) is 4.50. The molecule has 0 aromatic carbocycles. The third kappa shape index (κ3) is 2.96. The summed E-state index contributed by atoms with van der Waals surface area (Å²) in [5.74, 6) is 0.971. The van der Waals surface area contributed by atoms with E-state index in [2.05, 4.69) is 15.4 Å². The van der Waals surface area contributed by atoms with Crippen molar-refractivity contribution in [3.05, 3.63) is 39.8 Å². The van der Waals surface area contributed by atoms with Gasteiger partial charge in [-0.15, -0.1) is 0 Å². The van der Waals surface area contributed by atoms with Crippen LogP contribution >= 0.6 is 11.6 Å². The van der Waals surface area contributed by atoms with Crippen LogP contribution in [0.2, 0.25) is 5.02 Å². The molecule has 102 valence electrons. The highest BCUT2D eigenvalue weighted by atomic mass is 35.5. The Balaban J connectivity index is 2.02. The number of rotatable bonds is 5. The molecule has 0 saturated carbocycles. The number of aryl methyl sites for hydroxylation is 2. The minimum Gasteiger partial charge on any atom is -0.382 e. The van der Waals surface area contributed by atoms with Gasteiger partial charge in [0.2, 0.25) is 0 Å². The van der Waals surface area contributed by atoms with Crippen LogP contribution in [0.4, 0.5) is 5.69 Å². The first-order valence-corrected chi connectivity index (χ1v) is 6.47. The van der Waals surface area contributed by atoms with E-state index in [-0.39, 0.29) is 10.6 Å². The standard InChI is InChI=1S/C12H16ClN5O/c1-3-18-12(19)11(13)9(8-16-18)14-5-4-10-15-6-7-17(10)2/h6-8,14H,3-5H2,1-2H3. The normalized spacial score (nSPS) is 10.7. The minimum absolute atomic E-state index is 0.177. The van der Waals surface area contributed by atoms with Crippen LogP contribution in [0.1, 0.15) is 12.7 Å². The summed E-state index contributed by atoms with van der Waals surface area (Å²) in [6, 6.07) is 0. The molecule has 1 N–H and O–H groups in total. The zero-order valence-corrected chi connectivity index (χ0v) is 11.7. The average molecular weight is 282 g/mol. The molecule has 2 heterocycles. The molecule has 6 nitrogen and oxygen atoms in total. The highest BCUT2D eigenvalue weighted by molar-refractivity contribution is 6.32. The smallest absolute Gasteiger partial charge is 0.287 e. The van der Waals surface area contributed by atoms with Gasteiger partial charge >= 0.3 is 0 Å². The molecule has 2 aromatic heterocycles. The third-order valence-corrected chi connectivity index (χ3v) is 3.23. The molecule has 19 heavy (non-hydrogen) atoms. The highest BCUT2D eigenvalue weighted by Gasteiger charge is 2.08. The summed E-state index contributed by atoms with van der Waals surface area (Å²) < 4.78 is 3.28. The van der Waals surface area contributed by atoms with Gasteiger partial charge in [-0.25, -0.2) is 9.67 Å². The summed E-state index contributed by atoms with van der Waals surface area (Å²) in [5.41, 5.74) is 0.289. The number of hydrogen-bond donors (Lipinski definition) is 1. The number of nitrogens with one attached hydrogen (secondary N) is 1. The number of nitrogens with zero attached hydrogens (tertiary/aromatic N) is 4. The Morgan fingerprint density at radius 1 is 1.47 bits per heavy atom. The van der Waals surface area contributed by atoms with E-state index in [1.165, 1.54) is 4.68 Å². The number of anilines is 1. The number of aromatic nitrogens is 4. The number of halogens is 1. The van der Waals surface area contributed by atoms with Gasteiger partial charge in [0.05, 0.1) is 11.9 Å². The van der Waals surface area contributed by atoms with Crippen molar-refractivity contribution in [1.82, 2.24) is 19.3 Å². The second-order valence-electron chi connectivity index (χ2n) is 4.12. The third-order valence-electron chi connectivity index (χ3n) is 2.87. The molecule has 0 bridgehead atoms. The fourth-order valence-corrected chi connectivity index (χ4v) is 1.97. The first kappa shape index (κ1) is 13.6. The second kappa shape index (κ2) is 5.88. The van der Waals surface area contributed by atoms with E-state index >= 15 is 0 Å². The maximum absolute atomic E-state index is 11.8. The van der Waals surface area contributed by atoms with Crippen LogP contribution in [0, 0.1) is 0 Å². The van der Waals surface area contributed by atoms with Gasteiger partial charge in [0.25, 0.3) is 5.56 Å². The Kier molecular flexibility index (Phi) is 4.21. The Hall–Kier alpha value is -1.82. The predicted octanol–water partition coefficient (Wildman–Crippen LogP) is 1.30. The SMILES string of the molecule is CCn1ncc(NCCc2nccn2C)c(Cl)c1=O. The topological polar surface area (TPSA) is 64.7 Å². The summed E-state index contributed by atoms with van der Waals surface area (Å²) in [7, 11) is 1.94. The Labute approximate surface area is 116 Å². The van der Waals surface area contributed by atoms with Gasteiger partial charge in [-0.2, -0.15) is 5.10 Å². The van der Waals surface area contributed by atoms with E-state index in [1.54, 1.807) is 12.4 Å². The Morgan fingerprint density at radius 2 is 2.26 bits per heavy atom. The molecule has 0 radical (unpaired) electrons. The summed E-state index contributed by atoms with van der Waals surface area (Å²) in [6.45, 7) is 2.99. The van der Waals surface area contributed by atoms with Gasteiger partial charge in [0.15, 0.2) is 0 Å². The van der Waals surface area contributed by atoms with E-state index in [4.69, 9.17) is 11.6 Å². The molecule has 0 aliphatic heterocycles. The largest absolute Gasteiger partial charge is 0.382 e. The molecule has 0 saturated heterocycles. The van der Waals surface area contributed by atoms with E-state index in [0.717, 1.165) is 12.2 Å². The fraction of sp³-hybridized carbons (Fsp3) is 0.417. The summed E-state index contributed by atoms with van der Waals surface area (Å²) >= 11 is 6.01. The van der Waals surface area contributed by atoms with E-state index < -0.39 is 0 Å². The van der Waals surface area contributed by atoms with Gasteiger partial charge < -0.3 is 9.88 Å². The maximum atomic E-state index is 11.8. The van der Waals surface area contributed by atoms with Crippen molar-refractivity contribution in [2.45, 2.75) is 19.9 Å². The quantitative estimate of drug-likeness (QED) is 0.897. The first-order chi connectivity index (χ1) is 9.13. The summed E-state index contributed by atoms with van der Waals surface area (Å²) in [4.78, 5) is 16.0. The van der Waals surface area contributed by atoms with Crippen molar-refractivity contribution in [2.75, 3.05) is 11.9 Å². The number of imidazole rings is 1. The molecule has 0 aliphatic rings. The monoisotopic (exact) mass is 281 g/mol. The lowest BCUT2D eigenvalue weighted by atomic mass is 10.3. The maximum Gasteiger partial charge on any atom is 0.287 e. The van der Waals surface area contributed by atoms with Gasteiger partial charge in [-0.05, 0) is 6.92 Å². The number of hydrogen-bond acceptors (Lipinski definition) is 4. The van der Waals surface area contributed by atoms with Crippen LogP contribution < -0.4 is 10.9 Å². The van der Waals surface area contributed by atoms with Crippen LogP contribution in [0.5, 0.6) is 0 Å². The van der Waals surface area contributed by atoms with Crippen molar-refractivity contribution in [2.24, 2.45) is 7.05 Å². The van der Waals surface area contributed by atoms with E-state index in [0.29, 0.717) is 18.8 Å². The highest BCUT2D eigenvalue weighted by Crippen LogP contribution is 2.14. The first-order valence-electron chi connectivity index (χ1n) is 6.09. The van der Waals surface area contributed by atoms with Gasteiger partial charge in [-0.3, -0.25) is 4.79 Å². The zero-order valence-electron chi connectivity index (χ0n) is 10.9. The van der Waals surface area contributed by atoms with Crippen molar-refractivity contribution in [3.63, 3.8) is 0 Å². The van der Waals surface area contributed by atoms with Crippen LogP contribution in [-0.4, -0.2) is 25.9 Å². The molecule has 2 aromatic rings. The molecule has 0 aliphatic carbocycles. The molecule has 0 amide bonds. The van der Waals surface area contributed by atoms with Gasteiger partial charge in [0.1, 0.15) is 10.8 Å². The lowest BCUT2D eigenvalue weighted by Gasteiger charge is -2.09. The lowest BCUT2D eigenvalue weighted by Crippen LogP contribution is -2.23. The molecule has 0 atom stereocenters. The zero-order chi connectivity index (χ0) is 13.8. The van der Waals surface area contributed by atoms with Crippen molar-refractivity contribution < 1.29 is 0 Å². The average Bonchev–Trinajstić information content (AvgIpc) is 2.81. The van der Waals surface area contributed by atoms with Crippen molar-refractivity contribution in [3.8, 4) is 0 Å². The Bertz CT molecular complexity index is 619. The van der Waals surface area contributed by atoms with Crippen LogP contribution in [0.15, 0.2) is 23.4 Å². The molecule has 0 unspecified atom stereocenters. The fourth-order valence-electron chi connectivity index (χ4n) is 1.76. The molecular formula is C12H16ClN5O. The van der Waals surface area contributed by atoms with E-state index in [9.17, 15) is 4.79 Å². The van der Waals surface area contributed by atoms with Crippen LogP contribution in [0.25, 0.3) is 0 Å². The summed E-state index contributed by atoms with van der Waals surface area (Å²) in [6.07, 6.45) is 5.97. The van der Waals surface area contributed by atoms with Crippen molar-refractivity contribution in [1.29, 1.82) is 0 Å². The van der Waals surface area contributed by atoms with E-state index in [1.807, 2.05) is 24.7 Å². The van der Waals surface area contributed by atoms with Gasteiger partial charge in [-0.1, -0.05) is 11.6 Å².